The number of fused-ring (bicyclic) bond motifs is 2. The molecule has 3 atom stereocenters. The standard InChI is InChI=1S/C13H21NO3/c1-13(2,3)17-12(16)14-10-7-5-8-4-6-9(10)11(8)15/h8-10H,4-7H2,1-3H3,(H,14,16)/t8-,9+,10-/m1/s1. The van der Waals surface area contributed by atoms with Crippen molar-refractivity contribution in [1.29, 1.82) is 0 Å². The number of hydrogen-bond donors (Lipinski definition) is 1. The van der Waals surface area contributed by atoms with E-state index in [1.54, 1.807) is 0 Å². The molecule has 0 unspecified atom stereocenters. The second-order valence-electron chi connectivity index (χ2n) is 6.11. The number of hydrogen-bond acceptors (Lipinski definition) is 3. The van der Waals surface area contributed by atoms with Crippen LogP contribution < -0.4 is 5.32 Å². The molecular weight excluding hydrogens is 218 g/mol. The lowest BCUT2D eigenvalue weighted by molar-refractivity contribution is -0.126. The van der Waals surface area contributed by atoms with Crippen molar-refractivity contribution in [1.82, 2.24) is 5.32 Å². The summed E-state index contributed by atoms with van der Waals surface area (Å²) in [6, 6.07) is -0.0175. The van der Waals surface area contributed by atoms with Gasteiger partial charge < -0.3 is 10.1 Å². The summed E-state index contributed by atoms with van der Waals surface area (Å²) < 4.78 is 5.22. The molecule has 1 N–H and O–H groups in total. The SMILES string of the molecule is CC(C)(C)OC(=O)N[C@@H]1CC[C@H]2CC[C@@H]1C2=O. The molecule has 0 aromatic heterocycles. The van der Waals surface area contributed by atoms with Crippen LogP contribution in [0, 0.1) is 11.8 Å². The van der Waals surface area contributed by atoms with E-state index in [-0.39, 0.29) is 17.9 Å². The van der Waals surface area contributed by atoms with Crippen molar-refractivity contribution in [2.45, 2.75) is 58.1 Å². The Labute approximate surface area is 102 Å². The van der Waals surface area contributed by atoms with Crippen molar-refractivity contribution in [2.75, 3.05) is 0 Å². The highest BCUT2D eigenvalue weighted by atomic mass is 16.6. The molecule has 1 amide bonds. The van der Waals surface area contributed by atoms with E-state index in [0.29, 0.717) is 5.78 Å². The van der Waals surface area contributed by atoms with Crippen LogP contribution in [0.5, 0.6) is 0 Å². The second kappa shape index (κ2) is 4.31. The molecule has 0 aromatic rings. The van der Waals surface area contributed by atoms with Gasteiger partial charge in [0.1, 0.15) is 11.4 Å². The van der Waals surface area contributed by atoms with Gasteiger partial charge in [0.05, 0.1) is 0 Å². The molecule has 2 aliphatic carbocycles. The summed E-state index contributed by atoms with van der Waals surface area (Å²) in [5.74, 6) is 0.635. The average molecular weight is 239 g/mol. The maximum atomic E-state index is 11.9. The lowest BCUT2D eigenvalue weighted by atomic mass is 9.84. The van der Waals surface area contributed by atoms with Gasteiger partial charge in [0, 0.05) is 17.9 Å². The van der Waals surface area contributed by atoms with Gasteiger partial charge in [-0.15, -0.1) is 0 Å². The minimum atomic E-state index is -0.485. The molecule has 2 bridgehead atoms. The molecule has 2 rings (SSSR count). The van der Waals surface area contributed by atoms with Crippen molar-refractivity contribution in [3.8, 4) is 0 Å². The summed E-state index contributed by atoms with van der Waals surface area (Å²) in [5, 5.41) is 2.85. The molecule has 17 heavy (non-hydrogen) atoms. The predicted octanol–water partition coefficient (Wildman–Crippen LogP) is 2.27. The zero-order valence-electron chi connectivity index (χ0n) is 10.8. The molecule has 0 aromatic carbocycles. The van der Waals surface area contributed by atoms with Gasteiger partial charge in [0.2, 0.25) is 0 Å². The first-order valence-corrected chi connectivity index (χ1v) is 6.40. The molecule has 0 saturated heterocycles. The van der Waals surface area contributed by atoms with Gasteiger partial charge in [-0.2, -0.15) is 0 Å². The highest BCUT2D eigenvalue weighted by Crippen LogP contribution is 2.39. The molecule has 0 spiro atoms. The fraction of sp³-hybridized carbons (Fsp3) is 0.846. The fourth-order valence-electron chi connectivity index (χ4n) is 2.87. The number of nitrogens with one attached hydrogen (secondary N) is 1. The van der Waals surface area contributed by atoms with E-state index in [2.05, 4.69) is 5.32 Å². The third kappa shape index (κ3) is 2.79. The fourth-order valence-corrected chi connectivity index (χ4v) is 2.87. The van der Waals surface area contributed by atoms with Gasteiger partial charge >= 0.3 is 6.09 Å². The smallest absolute Gasteiger partial charge is 0.407 e. The number of amides is 1. The third-order valence-electron chi connectivity index (χ3n) is 3.61. The van der Waals surface area contributed by atoms with Gasteiger partial charge in [0.25, 0.3) is 0 Å². The van der Waals surface area contributed by atoms with Gasteiger partial charge in [-0.25, -0.2) is 4.79 Å². The molecule has 0 heterocycles. The summed E-state index contributed by atoms with van der Waals surface area (Å²) >= 11 is 0. The summed E-state index contributed by atoms with van der Waals surface area (Å²) in [7, 11) is 0. The second-order valence-corrected chi connectivity index (χ2v) is 6.11. The summed E-state index contributed by atoms with van der Waals surface area (Å²) in [6.07, 6.45) is 3.33. The summed E-state index contributed by atoms with van der Waals surface area (Å²) in [4.78, 5) is 23.5. The Bertz CT molecular complexity index is 332. The van der Waals surface area contributed by atoms with Crippen molar-refractivity contribution in [3.05, 3.63) is 0 Å². The van der Waals surface area contributed by atoms with E-state index in [0.717, 1.165) is 25.7 Å². The number of alkyl carbamates (subject to hydrolysis) is 1. The van der Waals surface area contributed by atoms with E-state index in [1.165, 1.54) is 0 Å². The van der Waals surface area contributed by atoms with Crippen LogP contribution in [-0.4, -0.2) is 23.5 Å². The van der Waals surface area contributed by atoms with Gasteiger partial charge in [-0.05, 0) is 46.5 Å². The minimum Gasteiger partial charge on any atom is -0.444 e. The van der Waals surface area contributed by atoms with E-state index in [9.17, 15) is 9.59 Å². The van der Waals surface area contributed by atoms with Gasteiger partial charge in [-0.3, -0.25) is 4.79 Å². The van der Waals surface area contributed by atoms with Crippen LogP contribution >= 0.6 is 0 Å². The Hall–Kier alpha value is -1.06. The molecule has 4 nitrogen and oxygen atoms in total. The Kier molecular flexibility index (Phi) is 3.15. The first-order chi connectivity index (χ1) is 7.87. The predicted molar refractivity (Wildman–Crippen MR) is 63.6 cm³/mol. The monoisotopic (exact) mass is 239 g/mol. The van der Waals surface area contributed by atoms with Crippen LogP contribution in [0.1, 0.15) is 46.5 Å². The maximum Gasteiger partial charge on any atom is 0.407 e. The number of Topliss-reactive ketones (excluding diaryl/α,β-unsaturated/α-hetero) is 1. The maximum absolute atomic E-state index is 11.9. The first-order valence-electron chi connectivity index (χ1n) is 6.40. The molecule has 4 heteroatoms. The van der Waals surface area contributed by atoms with Crippen LogP contribution in [0.3, 0.4) is 0 Å². The van der Waals surface area contributed by atoms with Crippen LogP contribution in [0.4, 0.5) is 4.79 Å². The highest BCUT2D eigenvalue weighted by molar-refractivity contribution is 5.87. The normalized spacial score (nSPS) is 32.4. The average Bonchev–Trinajstić information content (AvgIpc) is 2.41. The number of carbonyl (C=O) groups is 2. The van der Waals surface area contributed by atoms with Crippen molar-refractivity contribution < 1.29 is 14.3 Å². The lowest BCUT2D eigenvalue weighted by Gasteiger charge is -2.29. The van der Waals surface area contributed by atoms with Gasteiger partial charge in [-0.1, -0.05) is 0 Å². The topological polar surface area (TPSA) is 55.4 Å². The Morgan fingerprint density at radius 2 is 1.88 bits per heavy atom. The highest BCUT2D eigenvalue weighted by Gasteiger charge is 2.43. The number of carbonyl (C=O) groups excluding carboxylic acids is 2. The molecule has 2 fully saturated rings. The third-order valence-corrected chi connectivity index (χ3v) is 3.61. The van der Waals surface area contributed by atoms with Gasteiger partial charge in [0.15, 0.2) is 0 Å². The molecule has 2 saturated carbocycles. The largest absolute Gasteiger partial charge is 0.444 e. The zero-order chi connectivity index (χ0) is 12.6. The quantitative estimate of drug-likeness (QED) is 0.763. The van der Waals surface area contributed by atoms with E-state index >= 15 is 0 Å². The Morgan fingerprint density at radius 1 is 1.24 bits per heavy atom. The van der Waals surface area contributed by atoms with E-state index in [4.69, 9.17) is 4.74 Å². The first kappa shape index (κ1) is 12.4. The van der Waals surface area contributed by atoms with Crippen LogP contribution in [0.25, 0.3) is 0 Å². The Morgan fingerprint density at radius 3 is 2.53 bits per heavy atom. The number of ketones is 1. The summed E-state index contributed by atoms with van der Waals surface area (Å²) in [5.41, 5.74) is -0.485. The van der Waals surface area contributed by atoms with Crippen LogP contribution in [0.2, 0.25) is 0 Å². The molecule has 96 valence electrons. The van der Waals surface area contributed by atoms with Crippen molar-refractivity contribution >= 4 is 11.9 Å². The molecule has 0 radical (unpaired) electrons. The van der Waals surface area contributed by atoms with Crippen LogP contribution in [-0.2, 0) is 9.53 Å². The minimum absolute atomic E-state index is 0.0175. The molecule has 2 aliphatic rings. The zero-order valence-corrected chi connectivity index (χ0v) is 10.8. The van der Waals surface area contributed by atoms with Crippen LogP contribution in [0.15, 0.2) is 0 Å². The number of ether oxygens (including phenoxy) is 1. The number of rotatable bonds is 1. The lowest BCUT2D eigenvalue weighted by Crippen LogP contribution is -2.46. The van der Waals surface area contributed by atoms with E-state index < -0.39 is 11.7 Å². The van der Waals surface area contributed by atoms with E-state index in [1.807, 2.05) is 20.8 Å². The molecule has 0 aliphatic heterocycles. The molecular formula is C13H21NO3. The van der Waals surface area contributed by atoms with Crippen molar-refractivity contribution in [3.63, 3.8) is 0 Å². The summed E-state index contributed by atoms with van der Waals surface area (Å²) in [6.45, 7) is 5.51. The Balaban J connectivity index is 1.91. The van der Waals surface area contributed by atoms with Crippen molar-refractivity contribution in [2.24, 2.45) is 11.8 Å².